The summed E-state index contributed by atoms with van der Waals surface area (Å²) in [6.45, 7) is 0.247. The van der Waals surface area contributed by atoms with Crippen LogP contribution in [0.2, 0.25) is 5.02 Å². The lowest BCUT2D eigenvalue weighted by Crippen LogP contribution is -2.38. The summed E-state index contributed by atoms with van der Waals surface area (Å²) in [5.41, 5.74) is 0.915. The van der Waals surface area contributed by atoms with Crippen LogP contribution in [0, 0.1) is 5.92 Å². The number of Topliss-reactive ketones (excluding diaryl/α,β-unsaturated/α-hetero) is 1. The highest BCUT2D eigenvalue weighted by Gasteiger charge is 2.29. The monoisotopic (exact) mass is 495 g/mol. The van der Waals surface area contributed by atoms with Crippen molar-refractivity contribution in [2.24, 2.45) is 5.92 Å². The van der Waals surface area contributed by atoms with Crippen molar-refractivity contribution >= 4 is 34.9 Å². The average Bonchev–Trinajstić information content (AvgIpc) is 3.58. The van der Waals surface area contributed by atoms with Gasteiger partial charge in [-0.05, 0) is 55.2 Å². The van der Waals surface area contributed by atoms with Crippen molar-refractivity contribution in [1.29, 1.82) is 0 Å². The van der Waals surface area contributed by atoms with Crippen LogP contribution < -0.4 is 19.7 Å². The third kappa shape index (κ3) is 5.46. The Morgan fingerprint density at radius 1 is 1.20 bits per heavy atom. The summed E-state index contributed by atoms with van der Waals surface area (Å²) in [6, 6.07) is 11.6. The number of nitrogens with zero attached hydrogens (tertiary/aromatic N) is 2. The van der Waals surface area contributed by atoms with Crippen LogP contribution in [-0.4, -0.2) is 42.3 Å². The number of hydrogen-bond donors (Lipinski definition) is 1. The molecular formula is C25H22ClN3O6. The van der Waals surface area contributed by atoms with E-state index in [0.29, 0.717) is 40.2 Å². The van der Waals surface area contributed by atoms with Gasteiger partial charge in [-0.2, -0.15) is 0 Å². The molecule has 2 aromatic carbocycles. The lowest BCUT2D eigenvalue weighted by molar-refractivity contribution is -0.121. The van der Waals surface area contributed by atoms with Gasteiger partial charge in [0.25, 0.3) is 11.8 Å². The molecule has 1 fully saturated rings. The molecule has 3 aromatic rings. The van der Waals surface area contributed by atoms with E-state index in [1.54, 1.807) is 42.5 Å². The number of ether oxygens (including phenoxy) is 2. The maximum atomic E-state index is 12.7. The average molecular weight is 496 g/mol. The molecule has 1 aliphatic carbocycles. The van der Waals surface area contributed by atoms with Crippen LogP contribution in [0.5, 0.6) is 11.5 Å². The predicted molar refractivity (Wildman–Crippen MR) is 126 cm³/mol. The second kappa shape index (κ2) is 9.79. The minimum absolute atomic E-state index is 0.0121. The van der Waals surface area contributed by atoms with Gasteiger partial charge < -0.3 is 19.2 Å². The standard InChI is InChI=1S/C25H22ClN3O6/c26-17-2-1-3-18(9-17)33-13-21(30)16-6-7-22-20(8-16)29(24(31)14-34-22)11-23-28-19(12-35-23)25(32)27-10-15-4-5-15/h1-3,6-9,12,15H,4-5,10-11,13-14H2,(H,27,32). The first-order chi connectivity index (χ1) is 17.0. The minimum atomic E-state index is -0.324. The molecule has 1 aliphatic heterocycles. The number of aromatic nitrogens is 1. The number of nitrogens with one attached hydrogen (secondary N) is 1. The Kier molecular flexibility index (Phi) is 6.41. The van der Waals surface area contributed by atoms with Crippen LogP contribution in [0.4, 0.5) is 5.69 Å². The van der Waals surface area contributed by atoms with E-state index in [0.717, 1.165) is 12.8 Å². The number of halogens is 1. The van der Waals surface area contributed by atoms with Crippen molar-refractivity contribution in [3.8, 4) is 11.5 Å². The Morgan fingerprint density at radius 2 is 2.06 bits per heavy atom. The van der Waals surface area contributed by atoms with Gasteiger partial charge in [0.15, 0.2) is 24.7 Å². The van der Waals surface area contributed by atoms with Crippen molar-refractivity contribution in [2.45, 2.75) is 19.4 Å². The number of hydrogen-bond acceptors (Lipinski definition) is 7. The summed E-state index contributed by atoms with van der Waals surface area (Å²) >= 11 is 5.95. The molecule has 5 rings (SSSR count). The zero-order valence-corrected chi connectivity index (χ0v) is 19.4. The number of anilines is 1. The highest BCUT2D eigenvalue weighted by atomic mass is 35.5. The summed E-state index contributed by atoms with van der Waals surface area (Å²) in [5, 5.41) is 3.34. The molecule has 1 saturated carbocycles. The molecule has 2 amide bonds. The second-order valence-electron chi connectivity index (χ2n) is 8.40. The van der Waals surface area contributed by atoms with E-state index in [4.69, 9.17) is 25.5 Å². The van der Waals surface area contributed by atoms with Crippen LogP contribution in [-0.2, 0) is 11.3 Å². The van der Waals surface area contributed by atoms with E-state index in [1.165, 1.54) is 11.2 Å². The van der Waals surface area contributed by atoms with Crippen molar-refractivity contribution in [1.82, 2.24) is 10.3 Å². The van der Waals surface area contributed by atoms with E-state index < -0.39 is 0 Å². The van der Waals surface area contributed by atoms with Gasteiger partial charge >= 0.3 is 0 Å². The van der Waals surface area contributed by atoms with Crippen LogP contribution >= 0.6 is 11.6 Å². The molecule has 0 radical (unpaired) electrons. The highest BCUT2D eigenvalue weighted by molar-refractivity contribution is 6.30. The van der Waals surface area contributed by atoms with Crippen LogP contribution in [0.3, 0.4) is 0 Å². The molecule has 0 unspecified atom stereocenters. The fraction of sp³-hybridized carbons (Fsp3) is 0.280. The molecule has 0 spiro atoms. The van der Waals surface area contributed by atoms with E-state index in [2.05, 4.69) is 10.3 Å². The Morgan fingerprint density at radius 3 is 2.86 bits per heavy atom. The molecule has 2 heterocycles. The summed E-state index contributed by atoms with van der Waals surface area (Å²) in [7, 11) is 0. The Hall–Kier alpha value is -3.85. The molecule has 2 aliphatic rings. The largest absolute Gasteiger partial charge is 0.485 e. The fourth-order valence-corrected chi connectivity index (χ4v) is 3.79. The number of rotatable bonds is 9. The van der Waals surface area contributed by atoms with Crippen molar-refractivity contribution in [2.75, 3.05) is 24.7 Å². The number of ketones is 1. The van der Waals surface area contributed by atoms with E-state index in [1.807, 2.05) is 0 Å². The van der Waals surface area contributed by atoms with Crippen LogP contribution in [0.15, 0.2) is 53.1 Å². The zero-order chi connectivity index (χ0) is 24.4. The quantitative estimate of drug-likeness (QED) is 0.451. The molecule has 0 bridgehead atoms. The molecule has 180 valence electrons. The summed E-state index contributed by atoms with van der Waals surface area (Å²) < 4.78 is 16.5. The SMILES string of the molecule is O=C(COc1cccc(Cl)c1)c1ccc2c(c1)N(Cc1nc(C(=O)NCC3CC3)co1)C(=O)CO2. The third-order valence-corrected chi connectivity index (χ3v) is 5.95. The van der Waals surface area contributed by atoms with Crippen molar-refractivity contribution in [3.05, 3.63) is 70.9 Å². The molecule has 1 aromatic heterocycles. The van der Waals surface area contributed by atoms with Gasteiger partial charge in [0.05, 0.1) is 5.69 Å². The lowest BCUT2D eigenvalue weighted by Gasteiger charge is -2.28. The number of carbonyl (C=O) groups is 3. The van der Waals surface area contributed by atoms with Gasteiger partial charge in [-0.1, -0.05) is 17.7 Å². The van der Waals surface area contributed by atoms with Gasteiger partial charge in [-0.3, -0.25) is 19.3 Å². The second-order valence-corrected chi connectivity index (χ2v) is 8.84. The molecule has 35 heavy (non-hydrogen) atoms. The fourth-order valence-electron chi connectivity index (χ4n) is 3.61. The number of oxazole rings is 1. The predicted octanol–water partition coefficient (Wildman–Crippen LogP) is 3.66. The molecule has 0 atom stereocenters. The van der Waals surface area contributed by atoms with Gasteiger partial charge in [-0.25, -0.2) is 4.98 Å². The van der Waals surface area contributed by atoms with E-state index >= 15 is 0 Å². The minimum Gasteiger partial charge on any atom is -0.485 e. The lowest BCUT2D eigenvalue weighted by atomic mass is 10.1. The van der Waals surface area contributed by atoms with Gasteiger partial charge in [-0.15, -0.1) is 0 Å². The first kappa shape index (κ1) is 22.9. The Balaban J connectivity index is 1.29. The van der Waals surface area contributed by atoms with Gasteiger partial charge in [0, 0.05) is 17.1 Å². The summed E-state index contributed by atoms with van der Waals surface area (Å²) in [4.78, 5) is 43.3. The Labute approximate surface area is 206 Å². The molecule has 10 heteroatoms. The van der Waals surface area contributed by atoms with Crippen molar-refractivity contribution in [3.63, 3.8) is 0 Å². The topological polar surface area (TPSA) is 111 Å². The first-order valence-electron chi connectivity index (χ1n) is 11.2. The summed E-state index contributed by atoms with van der Waals surface area (Å²) in [6.07, 6.45) is 3.52. The molecule has 1 N–H and O–H groups in total. The van der Waals surface area contributed by atoms with E-state index in [9.17, 15) is 14.4 Å². The number of amides is 2. The van der Waals surface area contributed by atoms with Crippen LogP contribution in [0.25, 0.3) is 0 Å². The normalized spacial score (nSPS) is 14.8. The highest BCUT2D eigenvalue weighted by Crippen LogP contribution is 2.34. The number of carbonyl (C=O) groups excluding carboxylic acids is 3. The van der Waals surface area contributed by atoms with Crippen LogP contribution in [0.1, 0.15) is 39.6 Å². The third-order valence-electron chi connectivity index (χ3n) is 5.72. The maximum absolute atomic E-state index is 12.7. The van der Waals surface area contributed by atoms with Gasteiger partial charge in [0.1, 0.15) is 24.3 Å². The Bertz CT molecular complexity index is 1290. The smallest absolute Gasteiger partial charge is 0.273 e. The maximum Gasteiger partial charge on any atom is 0.273 e. The molecule has 9 nitrogen and oxygen atoms in total. The summed E-state index contributed by atoms with van der Waals surface area (Å²) in [5.74, 6) is 0.750. The zero-order valence-electron chi connectivity index (χ0n) is 18.7. The van der Waals surface area contributed by atoms with E-state index in [-0.39, 0.29) is 48.9 Å². The molecule has 0 saturated heterocycles. The van der Waals surface area contributed by atoms with Gasteiger partial charge in [0.2, 0.25) is 5.89 Å². The molecular weight excluding hydrogens is 474 g/mol. The number of benzene rings is 2. The van der Waals surface area contributed by atoms with Crippen molar-refractivity contribution < 1.29 is 28.3 Å². The number of fused-ring (bicyclic) bond motifs is 1. The first-order valence-corrected chi connectivity index (χ1v) is 11.6.